The van der Waals surface area contributed by atoms with Crippen LogP contribution < -0.4 is 0 Å². The topological polar surface area (TPSA) is 19.0 Å². The normalized spacial score (nSPS) is 17.2. The van der Waals surface area contributed by atoms with Gasteiger partial charge in [0.15, 0.2) is 0 Å². The Morgan fingerprint density at radius 3 is 2.84 bits per heavy atom. The second-order valence-electron chi connectivity index (χ2n) is 5.92. The number of aromatic amines is 1. The van der Waals surface area contributed by atoms with Gasteiger partial charge < -0.3 is 9.88 Å². The van der Waals surface area contributed by atoms with Crippen LogP contribution in [0.2, 0.25) is 0 Å². The zero-order valence-corrected chi connectivity index (χ0v) is 12.0. The Balaban J connectivity index is 2.04. The van der Waals surface area contributed by atoms with Crippen LogP contribution in [-0.2, 0) is 0 Å². The van der Waals surface area contributed by atoms with E-state index < -0.39 is 0 Å². The Morgan fingerprint density at radius 2 is 2.11 bits per heavy atom. The fourth-order valence-corrected chi connectivity index (χ4v) is 2.86. The van der Waals surface area contributed by atoms with Gasteiger partial charge in [0.1, 0.15) is 0 Å². The van der Waals surface area contributed by atoms with E-state index in [1.54, 1.807) is 0 Å². The highest BCUT2D eigenvalue weighted by Crippen LogP contribution is 2.29. The van der Waals surface area contributed by atoms with Gasteiger partial charge in [-0.15, -0.1) is 0 Å². The van der Waals surface area contributed by atoms with Gasteiger partial charge in [-0.25, -0.2) is 0 Å². The van der Waals surface area contributed by atoms with Crippen molar-refractivity contribution in [1.82, 2.24) is 9.88 Å². The van der Waals surface area contributed by atoms with Gasteiger partial charge in [-0.2, -0.15) is 0 Å². The summed E-state index contributed by atoms with van der Waals surface area (Å²) in [5, 5.41) is 1.35. The van der Waals surface area contributed by atoms with Crippen LogP contribution in [0.15, 0.2) is 30.5 Å². The number of nitrogens with zero attached hydrogens (tertiary/aromatic N) is 1. The predicted octanol–water partition coefficient (Wildman–Crippen LogP) is 4.01. The van der Waals surface area contributed by atoms with E-state index in [0.29, 0.717) is 5.92 Å². The number of H-pyrrole nitrogens is 1. The zero-order valence-electron chi connectivity index (χ0n) is 12.0. The van der Waals surface area contributed by atoms with Crippen LogP contribution in [0.25, 0.3) is 16.5 Å². The van der Waals surface area contributed by atoms with Crippen LogP contribution in [0.1, 0.15) is 37.3 Å². The maximum absolute atomic E-state index is 3.44. The van der Waals surface area contributed by atoms with Crippen molar-refractivity contribution in [2.75, 3.05) is 20.1 Å². The Hall–Kier alpha value is -1.54. The molecule has 2 aromatic rings. The van der Waals surface area contributed by atoms with Gasteiger partial charge in [0.2, 0.25) is 0 Å². The average Bonchev–Trinajstić information content (AvgIpc) is 2.81. The molecule has 1 aliphatic rings. The van der Waals surface area contributed by atoms with Gasteiger partial charge in [-0.05, 0) is 36.6 Å². The summed E-state index contributed by atoms with van der Waals surface area (Å²) in [5.41, 5.74) is 5.49. The zero-order chi connectivity index (χ0) is 13.4. The fraction of sp³-hybridized carbons (Fsp3) is 0.412. The molecule has 0 bridgehead atoms. The molecule has 1 N–H and O–H groups in total. The lowest BCUT2D eigenvalue weighted by molar-refractivity contribution is 0.373. The lowest BCUT2D eigenvalue weighted by Gasteiger charge is -2.22. The first-order valence-corrected chi connectivity index (χ1v) is 7.14. The van der Waals surface area contributed by atoms with Crippen LogP contribution in [0.4, 0.5) is 0 Å². The molecule has 0 amide bonds. The summed E-state index contributed by atoms with van der Waals surface area (Å²) in [4.78, 5) is 5.82. The highest BCUT2D eigenvalue weighted by molar-refractivity contribution is 5.93. The highest BCUT2D eigenvalue weighted by atomic mass is 15.1. The number of rotatable bonds is 2. The van der Waals surface area contributed by atoms with E-state index in [2.05, 4.69) is 61.3 Å². The molecule has 1 aromatic carbocycles. The van der Waals surface area contributed by atoms with E-state index in [0.717, 1.165) is 13.0 Å². The molecular formula is C17H22N2. The summed E-state index contributed by atoms with van der Waals surface area (Å²) in [6.07, 6.45) is 5.71. The molecule has 0 fully saturated rings. The smallest absolute Gasteiger partial charge is 0.0463 e. The first kappa shape index (κ1) is 12.5. The van der Waals surface area contributed by atoms with E-state index in [9.17, 15) is 0 Å². The summed E-state index contributed by atoms with van der Waals surface area (Å²) in [7, 11) is 2.19. The monoisotopic (exact) mass is 254 g/mol. The van der Waals surface area contributed by atoms with Crippen molar-refractivity contribution in [3.05, 3.63) is 41.6 Å². The number of aromatic nitrogens is 1. The number of hydrogen-bond acceptors (Lipinski definition) is 1. The van der Waals surface area contributed by atoms with Gasteiger partial charge in [-0.3, -0.25) is 0 Å². The molecule has 0 saturated carbocycles. The molecule has 1 aromatic heterocycles. The summed E-state index contributed by atoms with van der Waals surface area (Å²) in [6, 6.07) is 6.82. The minimum atomic E-state index is 0.580. The maximum Gasteiger partial charge on any atom is 0.0463 e. The van der Waals surface area contributed by atoms with E-state index >= 15 is 0 Å². The van der Waals surface area contributed by atoms with E-state index in [-0.39, 0.29) is 0 Å². The SMILES string of the molecule is CC(C)c1ccc2c(C3=CCCN(C)C3)c[nH]c2c1. The Labute approximate surface area is 115 Å². The standard InChI is InChI=1S/C17H22N2/c1-12(2)13-6-7-15-16(10-18-17(15)9-13)14-5-4-8-19(3)11-14/h5-7,9-10,12,18H,4,8,11H2,1-3H3. The van der Waals surface area contributed by atoms with Gasteiger partial charge in [0, 0.05) is 35.8 Å². The van der Waals surface area contributed by atoms with Crippen molar-refractivity contribution in [2.45, 2.75) is 26.2 Å². The Morgan fingerprint density at radius 1 is 1.26 bits per heavy atom. The van der Waals surface area contributed by atoms with Crippen LogP contribution in [0, 0.1) is 0 Å². The minimum Gasteiger partial charge on any atom is -0.361 e. The van der Waals surface area contributed by atoms with Gasteiger partial charge in [0.05, 0.1) is 0 Å². The fourth-order valence-electron chi connectivity index (χ4n) is 2.86. The summed E-state index contributed by atoms with van der Waals surface area (Å²) >= 11 is 0. The molecule has 2 heterocycles. The van der Waals surface area contributed by atoms with Crippen molar-refractivity contribution in [2.24, 2.45) is 0 Å². The third-order valence-corrected chi connectivity index (χ3v) is 4.06. The molecule has 0 atom stereocenters. The van der Waals surface area contributed by atoms with Crippen molar-refractivity contribution < 1.29 is 0 Å². The molecule has 19 heavy (non-hydrogen) atoms. The second-order valence-corrected chi connectivity index (χ2v) is 5.92. The van der Waals surface area contributed by atoms with Crippen LogP contribution in [-0.4, -0.2) is 30.0 Å². The van der Waals surface area contributed by atoms with Crippen LogP contribution >= 0.6 is 0 Å². The van der Waals surface area contributed by atoms with Gasteiger partial charge >= 0.3 is 0 Å². The Bertz CT molecular complexity index is 619. The minimum absolute atomic E-state index is 0.580. The molecule has 1 aliphatic heterocycles. The van der Waals surface area contributed by atoms with Crippen molar-refractivity contribution in [1.29, 1.82) is 0 Å². The first-order chi connectivity index (χ1) is 9.15. The van der Waals surface area contributed by atoms with Crippen LogP contribution in [0.3, 0.4) is 0 Å². The lowest BCUT2D eigenvalue weighted by atomic mass is 9.98. The maximum atomic E-state index is 3.44. The van der Waals surface area contributed by atoms with E-state index in [4.69, 9.17) is 0 Å². The van der Waals surface area contributed by atoms with E-state index in [1.807, 2.05) is 0 Å². The number of likely N-dealkylation sites (N-methyl/N-ethyl adjacent to an activating group) is 1. The van der Waals surface area contributed by atoms with Gasteiger partial charge in [-0.1, -0.05) is 32.1 Å². The number of benzene rings is 1. The highest BCUT2D eigenvalue weighted by Gasteiger charge is 2.14. The molecule has 100 valence electrons. The van der Waals surface area contributed by atoms with Crippen molar-refractivity contribution in [3.8, 4) is 0 Å². The molecular weight excluding hydrogens is 232 g/mol. The molecule has 3 rings (SSSR count). The Kier molecular flexibility index (Phi) is 3.19. The second kappa shape index (κ2) is 4.86. The number of nitrogens with one attached hydrogen (secondary N) is 1. The average molecular weight is 254 g/mol. The predicted molar refractivity (Wildman–Crippen MR) is 82.5 cm³/mol. The molecule has 0 saturated heterocycles. The largest absolute Gasteiger partial charge is 0.361 e. The summed E-state index contributed by atoms with van der Waals surface area (Å²) in [6.45, 7) is 6.70. The molecule has 0 spiro atoms. The van der Waals surface area contributed by atoms with Crippen molar-refractivity contribution >= 4 is 16.5 Å². The molecule has 0 radical (unpaired) electrons. The third-order valence-electron chi connectivity index (χ3n) is 4.06. The molecule has 0 unspecified atom stereocenters. The summed E-state index contributed by atoms with van der Waals surface area (Å²) < 4.78 is 0. The molecule has 0 aliphatic carbocycles. The molecule has 2 nitrogen and oxygen atoms in total. The summed E-state index contributed by atoms with van der Waals surface area (Å²) in [5.74, 6) is 0.580. The third kappa shape index (κ3) is 2.33. The quantitative estimate of drug-likeness (QED) is 0.858. The van der Waals surface area contributed by atoms with E-state index in [1.165, 1.54) is 34.1 Å². The molecule has 2 heteroatoms. The number of hydrogen-bond donors (Lipinski definition) is 1. The first-order valence-electron chi connectivity index (χ1n) is 7.14. The van der Waals surface area contributed by atoms with Gasteiger partial charge in [0.25, 0.3) is 0 Å². The van der Waals surface area contributed by atoms with Crippen LogP contribution in [0.5, 0.6) is 0 Å². The van der Waals surface area contributed by atoms with Crippen molar-refractivity contribution in [3.63, 3.8) is 0 Å². The number of fused-ring (bicyclic) bond motifs is 1. The lowest BCUT2D eigenvalue weighted by Crippen LogP contribution is -2.24.